The normalized spacial score (nSPS) is 14.8. The van der Waals surface area contributed by atoms with E-state index in [-0.39, 0.29) is 29.8 Å². The molecule has 0 spiro atoms. The van der Waals surface area contributed by atoms with E-state index in [1.807, 2.05) is 13.1 Å². The summed E-state index contributed by atoms with van der Waals surface area (Å²) in [5.74, 6) is 1.29. The minimum Gasteiger partial charge on any atom is -0.381 e. The number of hydrogen-bond donors (Lipinski definition) is 2. The maximum Gasteiger partial charge on any atom is 0.191 e. The van der Waals surface area contributed by atoms with Gasteiger partial charge in [0.25, 0.3) is 0 Å². The van der Waals surface area contributed by atoms with E-state index in [9.17, 15) is 4.39 Å². The number of anilines is 1. The molecule has 0 bridgehead atoms. The van der Waals surface area contributed by atoms with Gasteiger partial charge in [0.05, 0.1) is 0 Å². The minimum absolute atomic E-state index is 0. The first-order valence-corrected chi connectivity index (χ1v) is 10.8. The number of nitrogens with one attached hydrogen (secondary N) is 2. The number of hydrogen-bond acceptors (Lipinski definition) is 4. The van der Waals surface area contributed by atoms with Crippen LogP contribution in [-0.2, 0) is 9.47 Å². The third-order valence-electron chi connectivity index (χ3n) is 4.97. The Hall–Kier alpha value is -1.13. The molecule has 6 nitrogen and oxygen atoms in total. The summed E-state index contributed by atoms with van der Waals surface area (Å²) in [6, 6.07) is 6.67. The van der Waals surface area contributed by atoms with E-state index in [1.165, 1.54) is 6.07 Å². The zero-order valence-corrected chi connectivity index (χ0v) is 20.7. The van der Waals surface area contributed by atoms with Crippen molar-refractivity contribution in [3.8, 4) is 0 Å². The molecule has 2 rings (SSSR count). The van der Waals surface area contributed by atoms with Crippen molar-refractivity contribution in [1.29, 1.82) is 0 Å². The molecular weight excluding hydrogens is 498 g/mol. The molecule has 8 heteroatoms. The Morgan fingerprint density at radius 1 is 1.27 bits per heavy atom. The van der Waals surface area contributed by atoms with Gasteiger partial charge >= 0.3 is 0 Å². The summed E-state index contributed by atoms with van der Waals surface area (Å²) in [5, 5.41) is 6.64. The number of ether oxygens (including phenoxy) is 2. The number of benzene rings is 1. The van der Waals surface area contributed by atoms with Gasteiger partial charge in [-0.05, 0) is 56.7 Å². The van der Waals surface area contributed by atoms with Crippen LogP contribution in [0.25, 0.3) is 0 Å². The number of nitrogens with zero attached hydrogens (tertiary/aromatic N) is 2. The molecule has 0 radical (unpaired) electrons. The summed E-state index contributed by atoms with van der Waals surface area (Å²) < 4.78 is 24.5. The molecule has 1 heterocycles. The second-order valence-electron chi connectivity index (χ2n) is 7.43. The number of guanidine groups is 1. The number of rotatable bonds is 12. The van der Waals surface area contributed by atoms with Gasteiger partial charge < -0.3 is 25.0 Å². The van der Waals surface area contributed by atoms with E-state index < -0.39 is 0 Å². The maximum absolute atomic E-state index is 13.3. The Bertz CT molecular complexity index is 600. The van der Waals surface area contributed by atoms with Crippen LogP contribution in [0.1, 0.15) is 32.6 Å². The van der Waals surface area contributed by atoms with Gasteiger partial charge in [-0.1, -0.05) is 6.07 Å². The van der Waals surface area contributed by atoms with Crippen molar-refractivity contribution in [2.75, 3.05) is 64.6 Å². The zero-order valence-electron chi connectivity index (χ0n) is 18.4. The first-order chi connectivity index (χ1) is 14.2. The summed E-state index contributed by atoms with van der Waals surface area (Å²) in [6.07, 6.45) is 4.08. The molecule has 1 aliphatic rings. The van der Waals surface area contributed by atoms with Crippen molar-refractivity contribution >= 4 is 35.6 Å². The predicted octanol–water partition coefficient (Wildman–Crippen LogP) is 3.66. The molecule has 1 saturated heterocycles. The van der Waals surface area contributed by atoms with Crippen LogP contribution in [0.3, 0.4) is 0 Å². The second kappa shape index (κ2) is 16.5. The number of aliphatic imine (C=N–C) groups is 1. The van der Waals surface area contributed by atoms with E-state index >= 15 is 0 Å². The fraction of sp³-hybridized carbons (Fsp3) is 0.682. The third-order valence-corrected chi connectivity index (χ3v) is 4.97. The summed E-state index contributed by atoms with van der Waals surface area (Å²) in [5.41, 5.74) is 0.889. The lowest BCUT2D eigenvalue weighted by atomic mass is 10.0. The molecule has 0 aliphatic carbocycles. The van der Waals surface area contributed by atoms with Gasteiger partial charge in [0.15, 0.2) is 5.96 Å². The van der Waals surface area contributed by atoms with Gasteiger partial charge in [-0.15, -0.1) is 24.0 Å². The highest BCUT2D eigenvalue weighted by Crippen LogP contribution is 2.15. The lowest BCUT2D eigenvalue weighted by Crippen LogP contribution is -2.38. The predicted molar refractivity (Wildman–Crippen MR) is 133 cm³/mol. The second-order valence-corrected chi connectivity index (χ2v) is 7.43. The van der Waals surface area contributed by atoms with E-state index in [1.54, 1.807) is 12.1 Å². The van der Waals surface area contributed by atoms with Gasteiger partial charge in [-0.2, -0.15) is 0 Å². The van der Waals surface area contributed by atoms with Crippen molar-refractivity contribution in [2.24, 2.45) is 10.9 Å². The van der Waals surface area contributed by atoms with Crippen molar-refractivity contribution in [1.82, 2.24) is 10.6 Å². The maximum atomic E-state index is 13.3. The molecule has 0 amide bonds. The molecule has 1 aliphatic heterocycles. The van der Waals surface area contributed by atoms with Crippen LogP contribution in [0, 0.1) is 11.7 Å². The van der Waals surface area contributed by atoms with Crippen LogP contribution < -0.4 is 15.5 Å². The molecule has 0 saturated carbocycles. The van der Waals surface area contributed by atoms with Gasteiger partial charge in [0.1, 0.15) is 5.82 Å². The Kier molecular flexibility index (Phi) is 14.8. The highest BCUT2D eigenvalue weighted by molar-refractivity contribution is 14.0. The standard InChI is InChI=1S/C22H37FN4O2.HI/c1-3-24-22(26-12-6-14-29-18-19-9-15-28-16-10-19)25-11-5-13-27(2)21-8-4-7-20(23)17-21;/h4,7-8,17,19H,3,5-6,9-16,18H2,1-2H3,(H2,24,25,26);1H. The van der Waals surface area contributed by atoms with E-state index in [2.05, 4.69) is 27.4 Å². The van der Waals surface area contributed by atoms with Gasteiger partial charge in [-0.25, -0.2) is 4.39 Å². The van der Waals surface area contributed by atoms with Crippen molar-refractivity contribution in [2.45, 2.75) is 32.6 Å². The Balaban J connectivity index is 0.00000450. The lowest BCUT2D eigenvalue weighted by Gasteiger charge is -2.21. The van der Waals surface area contributed by atoms with Crippen LogP contribution in [0.5, 0.6) is 0 Å². The summed E-state index contributed by atoms with van der Waals surface area (Å²) >= 11 is 0. The molecule has 0 aromatic heterocycles. The molecule has 30 heavy (non-hydrogen) atoms. The summed E-state index contributed by atoms with van der Waals surface area (Å²) in [6.45, 7) is 8.62. The smallest absolute Gasteiger partial charge is 0.191 e. The molecule has 172 valence electrons. The van der Waals surface area contributed by atoms with Crippen molar-refractivity contribution in [3.05, 3.63) is 30.1 Å². The molecule has 1 aromatic rings. The first-order valence-electron chi connectivity index (χ1n) is 10.8. The summed E-state index contributed by atoms with van der Waals surface area (Å²) in [7, 11) is 1.97. The highest BCUT2D eigenvalue weighted by Gasteiger charge is 2.13. The fourth-order valence-electron chi connectivity index (χ4n) is 3.23. The highest BCUT2D eigenvalue weighted by atomic mass is 127. The Morgan fingerprint density at radius 2 is 2.07 bits per heavy atom. The van der Waals surface area contributed by atoms with Crippen molar-refractivity contribution < 1.29 is 13.9 Å². The topological polar surface area (TPSA) is 58.1 Å². The first kappa shape index (κ1) is 26.9. The van der Waals surface area contributed by atoms with Gasteiger partial charge in [0.2, 0.25) is 0 Å². The molecule has 1 aromatic carbocycles. The average Bonchev–Trinajstić information content (AvgIpc) is 2.74. The molecule has 0 unspecified atom stereocenters. The minimum atomic E-state index is -0.206. The quantitative estimate of drug-likeness (QED) is 0.185. The zero-order chi connectivity index (χ0) is 20.7. The molecule has 1 fully saturated rings. The average molecular weight is 536 g/mol. The van der Waals surface area contributed by atoms with Crippen LogP contribution >= 0.6 is 24.0 Å². The lowest BCUT2D eigenvalue weighted by molar-refractivity contribution is 0.0203. The van der Waals surface area contributed by atoms with Crippen LogP contribution in [0.15, 0.2) is 29.3 Å². The van der Waals surface area contributed by atoms with E-state index in [0.29, 0.717) is 5.92 Å². The van der Waals surface area contributed by atoms with E-state index in [0.717, 1.165) is 89.9 Å². The number of halogens is 2. The largest absolute Gasteiger partial charge is 0.381 e. The Morgan fingerprint density at radius 3 is 2.80 bits per heavy atom. The van der Waals surface area contributed by atoms with Gasteiger partial charge in [0, 0.05) is 65.3 Å². The van der Waals surface area contributed by atoms with Gasteiger partial charge in [-0.3, -0.25) is 4.99 Å². The molecule has 2 N–H and O–H groups in total. The van der Waals surface area contributed by atoms with Crippen LogP contribution in [-0.4, -0.2) is 65.6 Å². The summed E-state index contributed by atoms with van der Waals surface area (Å²) in [4.78, 5) is 6.68. The van der Waals surface area contributed by atoms with Crippen LogP contribution in [0.4, 0.5) is 10.1 Å². The fourth-order valence-corrected chi connectivity index (χ4v) is 3.23. The monoisotopic (exact) mass is 536 g/mol. The third kappa shape index (κ3) is 11.3. The Labute approximate surface area is 198 Å². The molecule has 0 atom stereocenters. The van der Waals surface area contributed by atoms with Crippen LogP contribution in [0.2, 0.25) is 0 Å². The molecular formula is C22H38FIN4O2. The van der Waals surface area contributed by atoms with E-state index in [4.69, 9.17) is 9.47 Å². The van der Waals surface area contributed by atoms with Crippen molar-refractivity contribution in [3.63, 3.8) is 0 Å². The SMILES string of the molecule is CCNC(=NCCCN(C)c1cccc(F)c1)NCCCOCC1CCOCC1.I.